The van der Waals surface area contributed by atoms with Gasteiger partial charge in [-0.05, 0) is 116 Å². The molecule has 0 aromatic carbocycles. The maximum atomic E-state index is 13.1. The van der Waals surface area contributed by atoms with Crippen molar-refractivity contribution in [3.8, 4) is 0 Å². The van der Waals surface area contributed by atoms with E-state index in [0.717, 1.165) is 193 Å². The number of esters is 4. The molecule has 0 aromatic heterocycles. The van der Waals surface area contributed by atoms with Gasteiger partial charge in [-0.1, -0.05) is 292 Å². The highest BCUT2D eigenvalue weighted by molar-refractivity contribution is 7.47. The number of unbranched alkanes of at least 4 members (excludes halogenated alkanes) is 32. The van der Waals surface area contributed by atoms with E-state index in [-0.39, 0.29) is 25.7 Å². The molecule has 19 heteroatoms. The van der Waals surface area contributed by atoms with Crippen LogP contribution >= 0.6 is 15.6 Å². The van der Waals surface area contributed by atoms with E-state index >= 15 is 0 Å². The molecule has 3 N–H and O–H groups in total. The third kappa shape index (κ3) is 72.3. The first-order valence-electron chi connectivity index (χ1n) is 39.5. The van der Waals surface area contributed by atoms with Gasteiger partial charge in [-0.25, -0.2) is 9.13 Å². The fraction of sp³-hybridized carbons (Fsp3) is 0.753. The zero-order valence-electron chi connectivity index (χ0n) is 63.1. The summed E-state index contributed by atoms with van der Waals surface area (Å²) in [4.78, 5) is 73.0. The van der Waals surface area contributed by atoms with E-state index in [1.807, 2.05) is 0 Å². The molecular formula is C81H142O17P2. The van der Waals surface area contributed by atoms with E-state index in [1.165, 1.54) is 64.2 Å². The molecule has 17 nitrogen and oxygen atoms in total. The van der Waals surface area contributed by atoms with Gasteiger partial charge in [-0.15, -0.1) is 0 Å². The maximum Gasteiger partial charge on any atom is 0.472 e. The van der Waals surface area contributed by atoms with Crippen molar-refractivity contribution in [3.05, 3.63) is 97.2 Å². The SMILES string of the molecule is CC/C=C\C/C=C\C/C=C\CCCCCCCCCC(=O)OCC(COP(=O)(O)OCC(O)COP(=O)(O)OCC(COC(=O)CCCCCCC/C=C\C/C=C\C/C=C\CC)OC(=O)CCCCCCC/C=C\C/C=C\CCC)OC(=O)CCCCCCCCCCCCCCCCC. The Bertz CT molecular complexity index is 2270. The molecule has 0 rings (SSSR count). The summed E-state index contributed by atoms with van der Waals surface area (Å²) in [5.41, 5.74) is 0. The number of phosphoric ester groups is 2. The van der Waals surface area contributed by atoms with Gasteiger partial charge < -0.3 is 33.8 Å². The second-order valence-electron chi connectivity index (χ2n) is 26.2. The maximum absolute atomic E-state index is 13.1. The van der Waals surface area contributed by atoms with Gasteiger partial charge in [-0.2, -0.15) is 0 Å². The Balaban J connectivity index is 5.35. The Kier molecular flexibility index (Phi) is 70.4. The molecule has 0 aliphatic heterocycles. The van der Waals surface area contributed by atoms with Gasteiger partial charge in [0, 0.05) is 25.7 Å². The van der Waals surface area contributed by atoms with Crippen LogP contribution in [0.5, 0.6) is 0 Å². The van der Waals surface area contributed by atoms with E-state index in [4.69, 9.17) is 37.0 Å². The van der Waals surface area contributed by atoms with Crippen LogP contribution in [0.2, 0.25) is 0 Å². The molecule has 0 aliphatic rings. The van der Waals surface area contributed by atoms with Gasteiger partial charge >= 0.3 is 39.5 Å². The number of hydrogen-bond donors (Lipinski definition) is 3. The van der Waals surface area contributed by atoms with Crippen LogP contribution in [-0.4, -0.2) is 96.7 Å². The summed E-state index contributed by atoms with van der Waals surface area (Å²) in [5.74, 6) is -2.20. The second kappa shape index (κ2) is 73.3. The minimum atomic E-state index is -4.98. The van der Waals surface area contributed by atoms with Crippen LogP contribution in [-0.2, 0) is 65.4 Å². The number of rotatable bonds is 74. The van der Waals surface area contributed by atoms with Crippen LogP contribution in [0.25, 0.3) is 0 Å². The smallest absolute Gasteiger partial charge is 0.462 e. The third-order valence-electron chi connectivity index (χ3n) is 16.5. The molecule has 100 heavy (non-hydrogen) atoms. The number of carbonyl (C=O) groups excluding carboxylic acids is 4. The molecule has 0 bridgehead atoms. The highest BCUT2D eigenvalue weighted by Gasteiger charge is 2.30. The third-order valence-corrected chi connectivity index (χ3v) is 18.4. The summed E-state index contributed by atoms with van der Waals surface area (Å²) >= 11 is 0. The zero-order chi connectivity index (χ0) is 73.2. The summed E-state index contributed by atoms with van der Waals surface area (Å²) in [6, 6.07) is 0. The topological polar surface area (TPSA) is 237 Å². The number of carbonyl (C=O) groups is 4. The predicted octanol–water partition coefficient (Wildman–Crippen LogP) is 22.8. The molecule has 0 amide bonds. The van der Waals surface area contributed by atoms with Crippen molar-refractivity contribution in [2.45, 2.75) is 354 Å². The average Bonchev–Trinajstić information content (AvgIpc) is 1.06. The summed E-state index contributed by atoms with van der Waals surface area (Å²) in [5, 5.41) is 10.6. The number of aliphatic hydroxyl groups is 1. The van der Waals surface area contributed by atoms with Crippen molar-refractivity contribution in [2.75, 3.05) is 39.6 Å². The standard InChI is InChI=1S/C81H142O17P2/c1-5-9-13-17-21-25-29-33-36-37-40-43-46-50-54-58-62-66-79(84)92-72-77(98-81(86)68-64-60-56-52-48-44-39-35-31-27-23-19-15-11-7-3)74-96-100(89,90)94-70-75(82)69-93-99(87,88)95-73-76(97-80(85)67-63-59-55-51-47-41-32-28-24-20-16-12-8-4)71-91-78(83)65-61-57-53-49-45-42-38-34-30-26-22-18-14-10-6-2/h9-10,13-14,16,20-22,25-26,28,32-34,36,38,75-77,82H,5-8,11-12,15,17-19,23-24,27,29-31,35,37,39-74H2,1-4H3,(H,87,88)(H,89,90)/b13-9-,14-10-,20-16-,25-21-,26-22-,32-28-,36-33-,38-34-. The van der Waals surface area contributed by atoms with E-state index in [2.05, 4.69) is 125 Å². The Labute approximate surface area is 607 Å². The highest BCUT2D eigenvalue weighted by atomic mass is 31.2. The second-order valence-corrected chi connectivity index (χ2v) is 29.2. The van der Waals surface area contributed by atoms with Crippen LogP contribution in [0.3, 0.4) is 0 Å². The molecule has 578 valence electrons. The van der Waals surface area contributed by atoms with Crippen molar-refractivity contribution in [1.82, 2.24) is 0 Å². The molecule has 0 radical (unpaired) electrons. The Morgan fingerprint density at radius 3 is 0.840 bits per heavy atom. The van der Waals surface area contributed by atoms with E-state index in [9.17, 15) is 43.2 Å². The van der Waals surface area contributed by atoms with Crippen molar-refractivity contribution in [1.29, 1.82) is 0 Å². The molecule has 0 aliphatic carbocycles. The Hall–Kier alpha value is -4.02. The van der Waals surface area contributed by atoms with Crippen molar-refractivity contribution < 1.29 is 80.2 Å². The van der Waals surface area contributed by atoms with Crippen LogP contribution in [0.15, 0.2) is 97.2 Å². The molecule has 0 fully saturated rings. The molecule has 0 spiro atoms. The Morgan fingerprint density at radius 2 is 0.540 bits per heavy atom. The molecular weight excluding hydrogens is 1310 g/mol. The average molecular weight is 1450 g/mol. The first kappa shape index (κ1) is 96.0. The van der Waals surface area contributed by atoms with Gasteiger partial charge in [-0.3, -0.25) is 37.3 Å². The van der Waals surface area contributed by atoms with Crippen LogP contribution in [0.1, 0.15) is 336 Å². The lowest BCUT2D eigenvalue weighted by atomic mass is 10.0. The highest BCUT2D eigenvalue weighted by Crippen LogP contribution is 2.45. The first-order valence-corrected chi connectivity index (χ1v) is 42.5. The fourth-order valence-electron chi connectivity index (χ4n) is 10.6. The van der Waals surface area contributed by atoms with Gasteiger partial charge in [0.1, 0.15) is 19.3 Å². The lowest BCUT2D eigenvalue weighted by Crippen LogP contribution is -2.30. The normalized spacial score (nSPS) is 14.4. The lowest BCUT2D eigenvalue weighted by molar-refractivity contribution is -0.161. The quantitative estimate of drug-likeness (QED) is 0.0169. The minimum absolute atomic E-state index is 0.0751. The fourth-order valence-corrected chi connectivity index (χ4v) is 12.2. The summed E-state index contributed by atoms with van der Waals surface area (Å²) in [6.45, 7) is 4.59. The van der Waals surface area contributed by atoms with E-state index < -0.39 is 97.5 Å². The molecule has 0 aromatic rings. The van der Waals surface area contributed by atoms with Gasteiger partial charge in [0.05, 0.1) is 26.4 Å². The molecule has 5 atom stereocenters. The lowest BCUT2D eigenvalue weighted by Gasteiger charge is -2.21. The van der Waals surface area contributed by atoms with E-state index in [0.29, 0.717) is 25.7 Å². The molecule has 0 saturated heterocycles. The van der Waals surface area contributed by atoms with Crippen molar-refractivity contribution in [2.24, 2.45) is 0 Å². The number of ether oxygens (including phenoxy) is 4. The largest absolute Gasteiger partial charge is 0.472 e. The molecule has 0 heterocycles. The number of hydrogen-bond acceptors (Lipinski definition) is 15. The van der Waals surface area contributed by atoms with Crippen molar-refractivity contribution in [3.63, 3.8) is 0 Å². The van der Waals surface area contributed by atoms with E-state index in [1.54, 1.807) is 0 Å². The molecule has 5 unspecified atom stereocenters. The van der Waals surface area contributed by atoms with Gasteiger partial charge in [0.25, 0.3) is 0 Å². The number of phosphoric acid groups is 2. The Morgan fingerprint density at radius 1 is 0.290 bits per heavy atom. The minimum Gasteiger partial charge on any atom is -0.462 e. The first-order chi connectivity index (χ1) is 48.7. The van der Waals surface area contributed by atoms with Gasteiger partial charge in [0.2, 0.25) is 0 Å². The molecule has 0 saturated carbocycles. The van der Waals surface area contributed by atoms with Crippen LogP contribution < -0.4 is 0 Å². The summed E-state index contributed by atoms with van der Waals surface area (Å²) in [7, 11) is -9.96. The number of aliphatic hydroxyl groups excluding tert-OH is 1. The summed E-state index contributed by atoms with van der Waals surface area (Å²) < 4.78 is 68.6. The van der Waals surface area contributed by atoms with Gasteiger partial charge in [0.15, 0.2) is 12.2 Å². The van der Waals surface area contributed by atoms with Crippen LogP contribution in [0, 0.1) is 0 Å². The monoisotopic (exact) mass is 1450 g/mol. The summed E-state index contributed by atoms with van der Waals surface area (Å²) in [6.07, 6.45) is 76.7. The van der Waals surface area contributed by atoms with Crippen LogP contribution in [0.4, 0.5) is 0 Å². The predicted molar refractivity (Wildman–Crippen MR) is 409 cm³/mol. The number of allylic oxidation sites excluding steroid dienone is 16. The van der Waals surface area contributed by atoms with Crippen molar-refractivity contribution >= 4 is 39.5 Å². The zero-order valence-corrected chi connectivity index (χ0v) is 64.9.